The second kappa shape index (κ2) is 5.34. The van der Waals surface area contributed by atoms with Crippen LogP contribution in [0.3, 0.4) is 0 Å². The van der Waals surface area contributed by atoms with Crippen LogP contribution in [-0.2, 0) is 16.4 Å². The fourth-order valence-electron chi connectivity index (χ4n) is 2.16. The molecule has 18 heavy (non-hydrogen) atoms. The van der Waals surface area contributed by atoms with Crippen LogP contribution in [0.1, 0.15) is 23.7 Å². The van der Waals surface area contributed by atoms with Gasteiger partial charge in [-0.1, -0.05) is 6.07 Å². The van der Waals surface area contributed by atoms with Crippen LogP contribution in [0.25, 0.3) is 0 Å². The Bertz CT molecular complexity index is 514. The molecule has 0 fully saturated rings. The van der Waals surface area contributed by atoms with Gasteiger partial charge in [0.1, 0.15) is 0 Å². The number of pyridine rings is 1. The largest absolute Gasteiger partial charge is 0.308 e. The monoisotopic (exact) mass is 269 g/mol. The van der Waals surface area contributed by atoms with E-state index in [1.54, 1.807) is 20.3 Å². The molecular formula is C12H19N3O2S. The first kappa shape index (κ1) is 13.5. The van der Waals surface area contributed by atoms with E-state index >= 15 is 0 Å². The smallest absolute Gasteiger partial charge is 0.214 e. The van der Waals surface area contributed by atoms with E-state index in [0.29, 0.717) is 6.54 Å². The number of fused-ring (bicyclic) bond motifs is 1. The highest BCUT2D eigenvalue weighted by Gasteiger charge is 2.23. The predicted molar refractivity (Wildman–Crippen MR) is 70.8 cm³/mol. The van der Waals surface area contributed by atoms with Gasteiger partial charge in [0.15, 0.2) is 0 Å². The number of aromatic nitrogens is 1. The first-order valence-corrected chi connectivity index (χ1v) is 7.69. The van der Waals surface area contributed by atoms with Crippen LogP contribution in [-0.4, -0.2) is 44.1 Å². The number of hydrogen-bond acceptors (Lipinski definition) is 4. The van der Waals surface area contributed by atoms with Gasteiger partial charge >= 0.3 is 0 Å². The summed E-state index contributed by atoms with van der Waals surface area (Å²) in [7, 11) is -0.00224. The second-order valence-corrected chi connectivity index (χ2v) is 6.99. The molecule has 5 nitrogen and oxygen atoms in total. The van der Waals surface area contributed by atoms with Crippen molar-refractivity contribution in [3.05, 3.63) is 29.6 Å². The zero-order valence-electron chi connectivity index (χ0n) is 10.8. The van der Waals surface area contributed by atoms with Crippen molar-refractivity contribution < 1.29 is 8.42 Å². The van der Waals surface area contributed by atoms with Gasteiger partial charge in [0.2, 0.25) is 10.0 Å². The van der Waals surface area contributed by atoms with Crippen molar-refractivity contribution in [2.24, 2.45) is 0 Å². The lowest BCUT2D eigenvalue weighted by Gasteiger charge is -2.15. The Kier molecular flexibility index (Phi) is 3.99. The molecule has 2 rings (SSSR count). The Morgan fingerprint density at radius 3 is 3.00 bits per heavy atom. The molecule has 0 saturated carbocycles. The van der Waals surface area contributed by atoms with Crippen molar-refractivity contribution in [1.82, 2.24) is 14.6 Å². The summed E-state index contributed by atoms with van der Waals surface area (Å²) >= 11 is 0. The average Bonchev–Trinajstić information content (AvgIpc) is 2.72. The number of nitrogens with zero attached hydrogens (tertiary/aromatic N) is 2. The van der Waals surface area contributed by atoms with E-state index in [2.05, 4.69) is 16.4 Å². The van der Waals surface area contributed by atoms with Crippen LogP contribution in [0.4, 0.5) is 0 Å². The van der Waals surface area contributed by atoms with Gasteiger partial charge < -0.3 is 5.32 Å². The molecule has 1 unspecified atom stereocenters. The Morgan fingerprint density at radius 2 is 2.28 bits per heavy atom. The van der Waals surface area contributed by atoms with E-state index in [4.69, 9.17) is 0 Å². The SMILES string of the molecule is CN(C)S(=O)(=O)CCNC1CCc2cccnc21. The molecule has 0 radical (unpaired) electrons. The zero-order chi connectivity index (χ0) is 13.2. The summed E-state index contributed by atoms with van der Waals surface area (Å²) in [5.41, 5.74) is 2.34. The Balaban J connectivity index is 1.90. The van der Waals surface area contributed by atoms with Gasteiger partial charge in [-0.15, -0.1) is 0 Å². The first-order chi connectivity index (χ1) is 8.50. The van der Waals surface area contributed by atoms with E-state index in [-0.39, 0.29) is 11.8 Å². The first-order valence-electron chi connectivity index (χ1n) is 6.08. The minimum absolute atomic E-state index is 0.124. The molecular weight excluding hydrogens is 250 g/mol. The highest BCUT2D eigenvalue weighted by molar-refractivity contribution is 7.89. The van der Waals surface area contributed by atoms with E-state index in [1.807, 2.05) is 6.07 Å². The maximum atomic E-state index is 11.6. The molecule has 0 aromatic carbocycles. The summed E-state index contributed by atoms with van der Waals surface area (Å²) in [6.45, 7) is 0.460. The second-order valence-electron chi connectivity index (χ2n) is 4.69. The maximum Gasteiger partial charge on any atom is 0.214 e. The van der Waals surface area contributed by atoms with Crippen LogP contribution >= 0.6 is 0 Å². The summed E-state index contributed by atoms with van der Waals surface area (Å²) in [4.78, 5) is 4.37. The lowest BCUT2D eigenvalue weighted by atomic mass is 10.2. The van der Waals surface area contributed by atoms with Crippen molar-refractivity contribution in [3.63, 3.8) is 0 Å². The number of hydrogen-bond donors (Lipinski definition) is 1. The summed E-state index contributed by atoms with van der Waals surface area (Å²) in [5.74, 6) is 0.124. The molecule has 0 spiro atoms. The van der Waals surface area contributed by atoms with Gasteiger partial charge in [-0.3, -0.25) is 4.98 Å². The van der Waals surface area contributed by atoms with Crippen LogP contribution < -0.4 is 5.32 Å². The van der Waals surface area contributed by atoms with Crippen molar-refractivity contribution in [2.75, 3.05) is 26.4 Å². The van der Waals surface area contributed by atoms with Crippen LogP contribution in [0.2, 0.25) is 0 Å². The van der Waals surface area contributed by atoms with Gasteiger partial charge in [0.25, 0.3) is 0 Å². The van der Waals surface area contributed by atoms with Gasteiger partial charge in [0.05, 0.1) is 17.5 Å². The summed E-state index contributed by atoms with van der Waals surface area (Å²) in [6.07, 6.45) is 3.80. The van der Waals surface area contributed by atoms with Crippen LogP contribution in [0.15, 0.2) is 18.3 Å². The number of sulfonamides is 1. The molecule has 1 aliphatic rings. The topological polar surface area (TPSA) is 62.3 Å². The zero-order valence-corrected chi connectivity index (χ0v) is 11.6. The third-order valence-corrected chi connectivity index (χ3v) is 5.10. The van der Waals surface area contributed by atoms with Gasteiger partial charge in [-0.2, -0.15) is 0 Å². The summed E-state index contributed by atoms with van der Waals surface area (Å²) < 4.78 is 24.5. The number of aryl methyl sites for hydroxylation is 1. The van der Waals surface area contributed by atoms with Crippen molar-refractivity contribution in [3.8, 4) is 0 Å². The minimum atomic E-state index is -3.12. The molecule has 1 aromatic rings. The van der Waals surface area contributed by atoms with Crippen molar-refractivity contribution in [1.29, 1.82) is 0 Å². The van der Waals surface area contributed by atoms with E-state index in [9.17, 15) is 8.42 Å². The third kappa shape index (κ3) is 2.88. The molecule has 1 atom stereocenters. The molecule has 100 valence electrons. The molecule has 6 heteroatoms. The van der Waals surface area contributed by atoms with Gasteiger partial charge in [-0.25, -0.2) is 12.7 Å². The molecule has 1 aliphatic carbocycles. The average molecular weight is 269 g/mol. The molecule has 0 saturated heterocycles. The molecule has 1 aromatic heterocycles. The summed E-state index contributed by atoms with van der Waals surface area (Å²) in [5, 5.41) is 3.28. The fourth-order valence-corrected chi connectivity index (χ4v) is 2.90. The normalized spacial score (nSPS) is 19.2. The molecule has 0 aliphatic heterocycles. The van der Waals surface area contributed by atoms with E-state index in [1.165, 1.54) is 9.87 Å². The Labute approximate surface area is 108 Å². The molecule has 0 bridgehead atoms. The fraction of sp³-hybridized carbons (Fsp3) is 0.583. The lowest BCUT2D eigenvalue weighted by molar-refractivity contribution is 0.503. The third-order valence-electron chi connectivity index (χ3n) is 3.27. The van der Waals surface area contributed by atoms with E-state index < -0.39 is 10.0 Å². The quantitative estimate of drug-likeness (QED) is 0.848. The predicted octanol–water partition coefficient (Wildman–Crippen LogP) is 0.550. The highest BCUT2D eigenvalue weighted by Crippen LogP contribution is 2.28. The van der Waals surface area contributed by atoms with Crippen molar-refractivity contribution in [2.45, 2.75) is 18.9 Å². The number of rotatable bonds is 5. The van der Waals surface area contributed by atoms with Crippen LogP contribution in [0.5, 0.6) is 0 Å². The summed E-state index contributed by atoms with van der Waals surface area (Å²) in [6, 6.07) is 4.22. The van der Waals surface area contributed by atoms with Gasteiger partial charge in [-0.05, 0) is 24.5 Å². The highest BCUT2D eigenvalue weighted by atomic mass is 32.2. The van der Waals surface area contributed by atoms with E-state index in [0.717, 1.165) is 18.5 Å². The van der Waals surface area contributed by atoms with Gasteiger partial charge in [0, 0.05) is 26.8 Å². The standard InChI is InChI=1S/C12H19N3O2S/c1-15(2)18(16,17)9-8-13-11-6-5-10-4-3-7-14-12(10)11/h3-4,7,11,13H,5-6,8-9H2,1-2H3. The number of nitrogens with one attached hydrogen (secondary N) is 1. The van der Waals surface area contributed by atoms with Crippen LogP contribution in [0, 0.1) is 0 Å². The lowest BCUT2D eigenvalue weighted by Crippen LogP contribution is -2.32. The minimum Gasteiger partial charge on any atom is -0.308 e. The Hall–Kier alpha value is -0.980. The molecule has 1 N–H and O–H groups in total. The molecule has 1 heterocycles. The Morgan fingerprint density at radius 1 is 1.50 bits per heavy atom. The van der Waals surface area contributed by atoms with Crippen molar-refractivity contribution >= 4 is 10.0 Å². The molecule has 0 amide bonds. The maximum absolute atomic E-state index is 11.6.